The van der Waals surface area contributed by atoms with Crippen LogP contribution in [0.1, 0.15) is 11.1 Å². The number of phenolic OH excluding ortho intramolecular Hbond substituents is 2. The molecule has 0 aliphatic heterocycles. The van der Waals surface area contributed by atoms with Gasteiger partial charge in [0.15, 0.2) is 11.5 Å². The Morgan fingerprint density at radius 3 is 2.39 bits per heavy atom. The number of nitrogens with two attached hydrogens (primary N) is 2. The van der Waals surface area contributed by atoms with Crippen LogP contribution in [0.2, 0.25) is 0 Å². The molecule has 0 aromatic heterocycles. The van der Waals surface area contributed by atoms with Crippen LogP contribution in [0.25, 0.3) is 11.1 Å². The van der Waals surface area contributed by atoms with E-state index in [2.05, 4.69) is 0 Å². The maximum atomic E-state index is 9.88. The van der Waals surface area contributed by atoms with E-state index in [4.69, 9.17) is 11.5 Å². The Bertz CT molecular complexity index is 641. The summed E-state index contributed by atoms with van der Waals surface area (Å²) in [5, 5.41) is 19.5. The second kappa shape index (κ2) is 3.99. The zero-order chi connectivity index (χ0) is 12.2. The molecule has 0 heterocycles. The number of hydrogen-bond acceptors (Lipinski definition) is 4. The molecule has 1 aliphatic carbocycles. The third-order valence-corrected chi connectivity index (χ3v) is 3.20. The molecular weight excluding hydrogens is 252 g/mol. The minimum Gasteiger partial charge on any atom is -0.504 e. The highest BCUT2D eigenvalue weighted by molar-refractivity contribution is 5.86. The normalized spacial score (nSPS) is 11.6. The third kappa shape index (κ3) is 1.54. The van der Waals surface area contributed by atoms with E-state index in [0.29, 0.717) is 17.7 Å². The minimum atomic E-state index is -0.246. The summed E-state index contributed by atoms with van der Waals surface area (Å²) in [4.78, 5) is 0. The van der Waals surface area contributed by atoms with Crippen molar-refractivity contribution in [2.24, 2.45) is 0 Å². The van der Waals surface area contributed by atoms with Crippen molar-refractivity contribution in [3.05, 3.63) is 35.4 Å². The van der Waals surface area contributed by atoms with Gasteiger partial charge in [-0.05, 0) is 34.9 Å². The Kier molecular flexibility index (Phi) is 2.75. The lowest BCUT2D eigenvalue weighted by Gasteiger charge is -2.08. The fourth-order valence-electron chi connectivity index (χ4n) is 2.33. The molecule has 18 heavy (non-hydrogen) atoms. The van der Waals surface area contributed by atoms with E-state index in [9.17, 15) is 10.2 Å². The first-order chi connectivity index (χ1) is 8.08. The van der Waals surface area contributed by atoms with Crippen LogP contribution < -0.4 is 11.5 Å². The molecule has 0 radical (unpaired) electrons. The minimum absolute atomic E-state index is 0. The number of aromatic hydroxyl groups is 2. The van der Waals surface area contributed by atoms with Crippen LogP contribution in [-0.4, -0.2) is 10.2 Å². The van der Waals surface area contributed by atoms with Crippen molar-refractivity contribution in [2.45, 2.75) is 6.42 Å². The molecule has 6 N–H and O–H groups in total. The lowest BCUT2D eigenvalue weighted by Crippen LogP contribution is -1.90. The van der Waals surface area contributed by atoms with Gasteiger partial charge in [-0.1, -0.05) is 6.07 Å². The van der Waals surface area contributed by atoms with E-state index in [-0.39, 0.29) is 29.6 Å². The van der Waals surface area contributed by atoms with Gasteiger partial charge >= 0.3 is 0 Å². The monoisotopic (exact) mass is 264 g/mol. The van der Waals surface area contributed by atoms with Crippen LogP contribution in [0.15, 0.2) is 24.3 Å². The number of rotatable bonds is 0. The molecule has 0 saturated carbocycles. The Morgan fingerprint density at radius 2 is 1.67 bits per heavy atom. The number of benzene rings is 2. The maximum absolute atomic E-state index is 9.88. The van der Waals surface area contributed by atoms with Crippen molar-refractivity contribution < 1.29 is 10.2 Å². The average Bonchev–Trinajstić information content (AvgIpc) is 2.65. The molecule has 4 nitrogen and oxygen atoms in total. The number of anilines is 2. The highest BCUT2D eigenvalue weighted by atomic mass is 35.5. The van der Waals surface area contributed by atoms with Gasteiger partial charge in [0, 0.05) is 17.7 Å². The largest absolute Gasteiger partial charge is 0.504 e. The molecule has 0 fully saturated rings. The highest BCUT2D eigenvalue weighted by Crippen LogP contribution is 2.47. The molecule has 1 aliphatic rings. The second-order valence-electron chi connectivity index (χ2n) is 4.28. The SMILES string of the molecule is Cl.Nc1ccc2c(c1)-c1cc(N)c(O)c(O)c1C2. The first-order valence-electron chi connectivity index (χ1n) is 5.30. The van der Waals surface area contributed by atoms with Crippen molar-refractivity contribution in [1.82, 2.24) is 0 Å². The molecule has 0 spiro atoms. The summed E-state index contributed by atoms with van der Waals surface area (Å²) in [7, 11) is 0. The Labute approximate surface area is 110 Å². The third-order valence-electron chi connectivity index (χ3n) is 3.20. The van der Waals surface area contributed by atoms with Crippen molar-refractivity contribution in [3.63, 3.8) is 0 Å². The summed E-state index contributed by atoms with van der Waals surface area (Å²) in [5.41, 5.74) is 15.9. The van der Waals surface area contributed by atoms with Crippen molar-refractivity contribution in [3.8, 4) is 22.6 Å². The van der Waals surface area contributed by atoms with Crippen molar-refractivity contribution in [1.29, 1.82) is 0 Å². The van der Waals surface area contributed by atoms with E-state index >= 15 is 0 Å². The Hall–Kier alpha value is -2.07. The number of fused-ring (bicyclic) bond motifs is 3. The van der Waals surface area contributed by atoms with Gasteiger partial charge in [-0.25, -0.2) is 0 Å². The first kappa shape index (κ1) is 12.4. The summed E-state index contributed by atoms with van der Waals surface area (Å²) in [5.74, 6) is -0.376. The molecule has 3 rings (SSSR count). The first-order valence-corrected chi connectivity index (χ1v) is 5.30. The number of hydrogen-bond donors (Lipinski definition) is 4. The van der Waals surface area contributed by atoms with Gasteiger partial charge < -0.3 is 21.7 Å². The number of phenols is 2. The quantitative estimate of drug-likeness (QED) is 0.370. The van der Waals surface area contributed by atoms with E-state index in [1.807, 2.05) is 18.2 Å². The van der Waals surface area contributed by atoms with Crippen LogP contribution in [0.3, 0.4) is 0 Å². The predicted molar refractivity (Wildman–Crippen MR) is 74.1 cm³/mol. The van der Waals surface area contributed by atoms with Gasteiger partial charge in [-0.3, -0.25) is 0 Å². The molecule has 2 aromatic carbocycles. The molecule has 0 bridgehead atoms. The van der Waals surface area contributed by atoms with Gasteiger partial charge in [0.2, 0.25) is 0 Å². The average molecular weight is 265 g/mol. The Morgan fingerprint density at radius 1 is 0.944 bits per heavy atom. The van der Waals surface area contributed by atoms with E-state index in [1.54, 1.807) is 6.07 Å². The van der Waals surface area contributed by atoms with E-state index in [1.165, 1.54) is 0 Å². The summed E-state index contributed by atoms with van der Waals surface area (Å²) >= 11 is 0. The van der Waals surface area contributed by atoms with Crippen LogP contribution in [-0.2, 0) is 6.42 Å². The lowest BCUT2D eigenvalue weighted by molar-refractivity contribution is 0.402. The zero-order valence-corrected chi connectivity index (χ0v) is 10.3. The number of nitrogen functional groups attached to an aromatic ring is 2. The summed E-state index contributed by atoms with van der Waals surface area (Å²) in [6, 6.07) is 7.29. The van der Waals surface area contributed by atoms with Crippen LogP contribution in [0, 0.1) is 0 Å². The summed E-state index contributed by atoms with van der Waals surface area (Å²) in [6.45, 7) is 0. The van der Waals surface area contributed by atoms with Crippen LogP contribution in [0.5, 0.6) is 11.5 Å². The molecule has 0 unspecified atom stereocenters. The van der Waals surface area contributed by atoms with Gasteiger partial charge in [0.1, 0.15) is 0 Å². The Balaban J connectivity index is 0.00000120. The van der Waals surface area contributed by atoms with Crippen LogP contribution >= 0.6 is 12.4 Å². The number of halogens is 1. The van der Waals surface area contributed by atoms with E-state index < -0.39 is 0 Å². The molecule has 5 heteroatoms. The lowest BCUT2D eigenvalue weighted by atomic mass is 10.0. The van der Waals surface area contributed by atoms with Gasteiger partial charge in [0.05, 0.1) is 5.69 Å². The molecule has 0 amide bonds. The van der Waals surface area contributed by atoms with Crippen LogP contribution in [0.4, 0.5) is 11.4 Å². The standard InChI is InChI=1S/C13H12N2O2.ClH/c14-7-2-1-6-3-10-9(8(6)4-7)5-11(15)13(17)12(10)16;/h1-2,4-5,16-17H,3,14-15H2;1H. The molecule has 2 aromatic rings. The summed E-state index contributed by atoms with van der Waals surface area (Å²) < 4.78 is 0. The smallest absolute Gasteiger partial charge is 0.181 e. The van der Waals surface area contributed by atoms with Gasteiger partial charge in [-0.15, -0.1) is 12.4 Å². The topological polar surface area (TPSA) is 92.5 Å². The van der Waals surface area contributed by atoms with Gasteiger partial charge in [-0.2, -0.15) is 0 Å². The molecular formula is C13H13ClN2O2. The highest BCUT2D eigenvalue weighted by Gasteiger charge is 2.24. The van der Waals surface area contributed by atoms with Crippen molar-refractivity contribution >= 4 is 23.8 Å². The van der Waals surface area contributed by atoms with Crippen molar-refractivity contribution in [2.75, 3.05) is 11.5 Å². The molecule has 0 atom stereocenters. The zero-order valence-electron chi connectivity index (χ0n) is 9.47. The molecule has 94 valence electrons. The molecule has 0 saturated heterocycles. The van der Waals surface area contributed by atoms with E-state index in [0.717, 1.165) is 16.7 Å². The second-order valence-corrected chi connectivity index (χ2v) is 4.28. The maximum Gasteiger partial charge on any atom is 0.181 e. The van der Waals surface area contributed by atoms with Gasteiger partial charge in [0.25, 0.3) is 0 Å². The fraction of sp³-hybridized carbons (Fsp3) is 0.0769. The predicted octanol–water partition coefficient (Wildman–Crippen LogP) is 2.26. The fourth-order valence-corrected chi connectivity index (χ4v) is 2.33. The summed E-state index contributed by atoms with van der Waals surface area (Å²) in [6.07, 6.45) is 0.588.